The summed E-state index contributed by atoms with van der Waals surface area (Å²) in [6.45, 7) is 4.73. The number of amides is 2. The van der Waals surface area contributed by atoms with E-state index in [1.165, 1.54) is 0 Å². The average Bonchev–Trinajstić information content (AvgIpc) is 2.78. The number of halogens is 1. The molecule has 0 aliphatic carbocycles. The minimum Gasteiger partial charge on any atom is -0.486 e. The molecule has 1 N–H and O–H groups in total. The van der Waals surface area contributed by atoms with Gasteiger partial charge in [0.2, 0.25) is 5.91 Å². The summed E-state index contributed by atoms with van der Waals surface area (Å²) in [5.74, 6) is 1.15. The smallest absolute Gasteiger partial charge is 0.253 e. The first-order valence-electron chi connectivity index (χ1n) is 10.0. The molecule has 2 amide bonds. The number of nitrogens with zero attached hydrogens (tertiary/aromatic N) is 2. The Morgan fingerprint density at radius 2 is 1.70 bits per heavy atom. The van der Waals surface area contributed by atoms with Crippen molar-refractivity contribution in [3.63, 3.8) is 0 Å². The summed E-state index contributed by atoms with van der Waals surface area (Å²) in [4.78, 5) is 28.8. The highest BCUT2D eigenvalue weighted by Gasteiger charge is 2.22. The maximum absolute atomic E-state index is 12.5. The molecule has 0 aromatic heterocycles. The molecular weight excluding hydrogens is 406 g/mol. The van der Waals surface area contributed by atoms with Gasteiger partial charge in [0.15, 0.2) is 11.5 Å². The van der Waals surface area contributed by atoms with Crippen molar-refractivity contribution in [3.05, 3.63) is 58.6 Å². The van der Waals surface area contributed by atoms with E-state index in [2.05, 4.69) is 16.3 Å². The molecular formula is C22H24ClN3O4. The number of fused-ring (bicyclic) bond motifs is 1. The monoisotopic (exact) mass is 429 g/mol. The van der Waals surface area contributed by atoms with Crippen LogP contribution < -0.4 is 14.8 Å². The number of benzene rings is 2. The van der Waals surface area contributed by atoms with Crippen LogP contribution in [-0.2, 0) is 11.3 Å². The van der Waals surface area contributed by atoms with Crippen molar-refractivity contribution in [3.8, 4) is 11.5 Å². The zero-order chi connectivity index (χ0) is 20.9. The fraction of sp³-hybridized carbons (Fsp3) is 0.364. The van der Waals surface area contributed by atoms with Gasteiger partial charge in [-0.1, -0.05) is 29.8 Å². The fourth-order valence-corrected chi connectivity index (χ4v) is 3.83. The van der Waals surface area contributed by atoms with Gasteiger partial charge in [-0.3, -0.25) is 14.5 Å². The first-order valence-corrected chi connectivity index (χ1v) is 10.4. The van der Waals surface area contributed by atoms with E-state index in [0.29, 0.717) is 36.9 Å². The van der Waals surface area contributed by atoms with Crippen LogP contribution in [-0.4, -0.2) is 67.6 Å². The van der Waals surface area contributed by atoms with E-state index in [-0.39, 0.29) is 18.4 Å². The summed E-state index contributed by atoms with van der Waals surface area (Å²) in [5, 5.41) is 3.03. The summed E-state index contributed by atoms with van der Waals surface area (Å²) in [6.07, 6.45) is 0. The maximum atomic E-state index is 12.5. The molecule has 2 aliphatic heterocycles. The minimum atomic E-state index is -0.341. The van der Waals surface area contributed by atoms with Crippen LogP contribution >= 0.6 is 11.6 Å². The molecule has 0 saturated carbocycles. The van der Waals surface area contributed by atoms with Gasteiger partial charge in [-0.15, -0.1) is 0 Å². The van der Waals surface area contributed by atoms with Crippen LogP contribution in [0.2, 0.25) is 5.02 Å². The van der Waals surface area contributed by atoms with Crippen LogP contribution in [0, 0.1) is 0 Å². The molecule has 7 nitrogen and oxygen atoms in total. The van der Waals surface area contributed by atoms with Crippen molar-refractivity contribution in [1.82, 2.24) is 15.1 Å². The summed E-state index contributed by atoms with van der Waals surface area (Å²) < 4.78 is 11.2. The molecule has 0 unspecified atom stereocenters. The van der Waals surface area contributed by atoms with Crippen LogP contribution in [0.5, 0.6) is 11.5 Å². The summed E-state index contributed by atoms with van der Waals surface area (Å²) >= 11 is 6.03. The number of ether oxygens (including phenoxy) is 2. The lowest BCUT2D eigenvalue weighted by Crippen LogP contribution is -2.50. The first kappa shape index (κ1) is 20.5. The molecule has 2 heterocycles. The van der Waals surface area contributed by atoms with Crippen molar-refractivity contribution < 1.29 is 19.1 Å². The van der Waals surface area contributed by atoms with Gasteiger partial charge in [-0.2, -0.15) is 0 Å². The molecule has 0 bridgehead atoms. The van der Waals surface area contributed by atoms with Crippen molar-refractivity contribution in [2.45, 2.75) is 6.54 Å². The fourth-order valence-electron chi connectivity index (χ4n) is 3.61. The molecule has 4 rings (SSSR count). The predicted molar refractivity (Wildman–Crippen MR) is 113 cm³/mol. The van der Waals surface area contributed by atoms with Crippen LogP contribution in [0.4, 0.5) is 0 Å². The van der Waals surface area contributed by atoms with Gasteiger partial charge >= 0.3 is 0 Å². The van der Waals surface area contributed by atoms with Crippen molar-refractivity contribution in [2.75, 3.05) is 45.9 Å². The van der Waals surface area contributed by atoms with E-state index in [4.69, 9.17) is 21.1 Å². The number of carbonyl (C=O) groups excluding carboxylic acids is 2. The van der Waals surface area contributed by atoms with Gasteiger partial charge in [-0.05, 0) is 29.8 Å². The molecule has 1 saturated heterocycles. The first-order chi connectivity index (χ1) is 14.6. The Bertz CT molecular complexity index is 928. The third-order valence-electron chi connectivity index (χ3n) is 5.26. The Hall–Kier alpha value is -2.77. The predicted octanol–water partition coefficient (Wildman–Crippen LogP) is 2.19. The lowest BCUT2D eigenvalue weighted by atomic mass is 10.1. The molecule has 0 atom stereocenters. The van der Waals surface area contributed by atoms with E-state index < -0.39 is 0 Å². The molecule has 2 aromatic rings. The minimum absolute atomic E-state index is 0.0355. The quantitative estimate of drug-likeness (QED) is 0.788. The topological polar surface area (TPSA) is 71.1 Å². The zero-order valence-corrected chi connectivity index (χ0v) is 17.4. The second-order valence-electron chi connectivity index (χ2n) is 7.30. The van der Waals surface area contributed by atoms with E-state index >= 15 is 0 Å². The highest BCUT2D eigenvalue weighted by atomic mass is 35.5. The van der Waals surface area contributed by atoms with Gasteiger partial charge in [0, 0.05) is 32.7 Å². The molecule has 1 fully saturated rings. The third-order valence-corrected chi connectivity index (χ3v) is 5.59. The van der Waals surface area contributed by atoms with E-state index in [1.807, 2.05) is 12.1 Å². The molecule has 8 heteroatoms. The van der Waals surface area contributed by atoms with E-state index in [9.17, 15) is 9.59 Å². The number of carbonyl (C=O) groups is 2. The Labute approximate surface area is 180 Å². The van der Waals surface area contributed by atoms with Crippen molar-refractivity contribution in [2.24, 2.45) is 0 Å². The number of piperazine rings is 1. The highest BCUT2D eigenvalue weighted by Crippen LogP contribution is 2.31. The lowest BCUT2D eigenvalue weighted by Gasteiger charge is -2.35. The van der Waals surface area contributed by atoms with Crippen LogP contribution in [0.3, 0.4) is 0 Å². The van der Waals surface area contributed by atoms with E-state index in [1.54, 1.807) is 29.2 Å². The lowest BCUT2D eigenvalue weighted by molar-refractivity contribution is -0.131. The van der Waals surface area contributed by atoms with Gasteiger partial charge < -0.3 is 19.7 Å². The normalized spacial score (nSPS) is 16.2. The van der Waals surface area contributed by atoms with E-state index in [0.717, 1.165) is 36.7 Å². The van der Waals surface area contributed by atoms with Crippen LogP contribution in [0.1, 0.15) is 15.9 Å². The van der Waals surface area contributed by atoms with Crippen LogP contribution in [0.15, 0.2) is 42.5 Å². The highest BCUT2D eigenvalue weighted by molar-refractivity contribution is 6.33. The average molecular weight is 430 g/mol. The van der Waals surface area contributed by atoms with Gasteiger partial charge in [0.1, 0.15) is 13.2 Å². The van der Waals surface area contributed by atoms with Crippen molar-refractivity contribution >= 4 is 23.4 Å². The number of nitrogens with one attached hydrogen (secondary N) is 1. The standard InChI is InChI=1S/C22H24ClN3O4/c23-18-4-2-1-3-17(18)22(28)24-14-21(27)26-9-7-25(8-10-26)15-16-5-6-19-20(13-16)30-12-11-29-19/h1-6,13H,7-12,14-15H2,(H,24,28). The second kappa shape index (κ2) is 9.36. The molecule has 2 aliphatic rings. The Balaban J connectivity index is 1.24. The number of rotatable bonds is 5. The Morgan fingerprint density at radius 3 is 2.47 bits per heavy atom. The molecule has 0 spiro atoms. The largest absolute Gasteiger partial charge is 0.486 e. The Kier molecular flexibility index (Phi) is 6.40. The summed E-state index contributed by atoms with van der Waals surface area (Å²) in [7, 11) is 0. The maximum Gasteiger partial charge on any atom is 0.253 e. The molecule has 2 aromatic carbocycles. The summed E-state index contributed by atoms with van der Waals surface area (Å²) in [5.41, 5.74) is 1.53. The zero-order valence-electron chi connectivity index (χ0n) is 16.6. The molecule has 0 radical (unpaired) electrons. The van der Waals surface area contributed by atoms with Gasteiger partial charge in [0.05, 0.1) is 17.1 Å². The summed E-state index contributed by atoms with van der Waals surface area (Å²) in [6, 6.07) is 12.8. The third kappa shape index (κ3) is 4.86. The molecule has 158 valence electrons. The van der Waals surface area contributed by atoms with Gasteiger partial charge in [-0.25, -0.2) is 0 Å². The van der Waals surface area contributed by atoms with Crippen molar-refractivity contribution in [1.29, 1.82) is 0 Å². The molecule has 30 heavy (non-hydrogen) atoms. The SMILES string of the molecule is O=C(NCC(=O)N1CCN(Cc2ccc3c(c2)OCCO3)CC1)c1ccccc1Cl. The van der Waals surface area contributed by atoms with Gasteiger partial charge in [0.25, 0.3) is 5.91 Å². The number of hydrogen-bond donors (Lipinski definition) is 1. The van der Waals surface area contributed by atoms with Crippen LogP contribution in [0.25, 0.3) is 0 Å². The Morgan fingerprint density at radius 1 is 0.967 bits per heavy atom. The number of hydrogen-bond acceptors (Lipinski definition) is 5. The second-order valence-corrected chi connectivity index (χ2v) is 7.70.